The van der Waals surface area contributed by atoms with Crippen molar-refractivity contribution < 1.29 is 9.59 Å². The van der Waals surface area contributed by atoms with Crippen LogP contribution in [0, 0.1) is 0 Å². The highest BCUT2D eigenvalue weighted by molar-refractivity contribution is 5.99. The summed E-state index contributed by atoms with van der Waals surface area (Å²) < 4.78 is 0. The van der Waals surface area contributed by atoms with E-state index in [1.54, 1.807) is 12.1 Å². The molecule has 2 atom stereocenters. The summed E-state index contributed by atoms with van der Waals surface area (Å²) in [5.74, 6) is -0.149. The number of urea groups is 1. The van der Waals surface area contributed by atoms with E-state index in [1.165, 1.54) is 0 Å². The molecule has 5 N–H and O–H groups in total. The van der Waals surface area contributed by atoms with Crippen LogP contribution in [0.3, 0.4) is 0 Å². The molecule has 0 saturated carbocycles. The second-order valence-electron chi connectivity index (χ2n) is 6.19. The molecule has 0 saturated heterocycles. The average Bonchev–Trinajstić information content (AvgIpc) is 2.63. The zero-order valence-electron chi connectivity index (χ0n) is 15.6. The van der Waals surface area contributed by atoms with Crippen LogP contribution in [0.4, 0.5) is 16.2 Å². The van der Waals surface area contributed by atoms with Crippen molar-refractivity contribution in [3.8, 4) is 0 Å². The van der Waals surface area contributed by atoms with E-state index < -0.39 is 6.04 Å². The Kier molecular flexibility index (Phi) is 9.33. The lowest BCUT2D eigenvalue weighted by Gasteiger charge is -2.18. The first kappa shape index (κ1) is 22.5. The monoisotopic (exact) mass is 390 g/mol. The van der Waals surface area contributed by atoms with Gasteiger partial charge in [0.05, 0.1) is 12.1 Å². The minimum atomic E-state index is -0.481. The lowest BCUT2D eigenvalue weighted by molar-refractivity contribution is -0.123. The van der Waals surface area contributed by atoms with Crippen LogP contribution in [-0.4, -0.2) is 18.0 Å². The molecule has 0 spiro atoms. The molecule has 0 aliphatic heterocycles. The highest BCUT2D eigenvalue weighted by Crippen LogP contribution is 2.17. The summed E-state index contributed by atoms with van der Waals surface area (Å²) in [6, 6.07) is 15.6. The van der Waals surface area contributed by atoms with E-state index in [0.29, 0.717) is 12.1 Å². The first-order chi connectivity index (χ1) is 12.5. The second kappa shape index (κ2) is 11.2. The van der Waals surface area contributed by atoms with Gasteiger partial charge in [-0.1, -0.05) is 43.7 Å². The maximum atomic E-state index is 12.0. The zero-order chi connectivity index (χ0) is 18.9. The van der Waals surface area contributed by atoms with E-state index >= 15 is 0 Å². The molecule has 146 valence electrons. The summed E-state index contributed by atoms with van der Waals surface area (Å²) in [5.41, 5.74) is 8.16. The number of nitrogens with two attached hydrogens (primary N) is 1. The normalized spacial score (nSPS) is 12.3. The molecule has 0 aliphatic rings. The Labute approximate surface area is 166 Å². The number of anilines is 2. The SMILES string of the molecule is CCCC(N)C(=O)NC(C)c1ccc(NC(=O)Nc2ccccc2)cc1.Cl. The molecular formula is C20H27ClN4O2. The number of hydrogen-bond acceptors (Lipinski definition) is 3. The Morgan fingerprint density at radius 2 is 1.52 bits per heavy atom. The predicted octanol–water partition coefficient (Wildman–Crippen LogP) is 4.06. The predicted molar refractivity (Wildman–Crippen MR) is 112 cm³/mol. The van der Waals surface area contributed by atoms with Gasteiger partial charge in [0.1, 0.15) is 0 Å². The molecule has 0 aromatic heterocycles. The summed E-state index contributed by atoms with van der Waals surface area (Å²) in [7, 11) is 0. The number of carbonyl (C=O) groups excluding carboxylic acids is 2. The molecule has 2 aromatic rings. The number of amides is 3. The highest BCUT2D eigenvalue weighted by atomic mass is 35.5. The van der Waals surface area contributed by atoms with Gasteiger partial charge in [0.2, 0.25) is 5.91 Å². The second-order valence-corrected chi connectivity index (χ2v) is 6.19. The molecule has 7 heteroatoms. The van der Waals surface area contributed by atoms with Gasteiger partial charge in [-0.15, -0.1) is 12.4 Å². The molecule has 0 bridgehead atoms. The molecule has 0 aliphatic carbocycles. The van der Waals surface area contributed by atoms with Gasteiger partial charge in [0, 0.05) is 11.4 Å². The van der Waals surface area contributed by atoms with E-state index in [9.17, 15) is 9.59 Å². The lowest BCUT2D eigenvalue weighted by Crippen LogP contribution is -2.41. The van der Waals surface area contributed by atoms with Gasteiger partial charge in [-0.2, -0.15) is 0 Å². The van der Waals surface area contributed by atoms with Crippen molar-refractivity contribution in [1.29, 1.82) is 0 Å². The van der Waals surface area contributed by atoms with Crippen LogP contribution >= 0.6 is 12.4 Å². The van der Waals surface area contributed by atoms with Crippen LogP contribution in [0.25, 0.3) is 0 Å². The van der Waals surface area contributed by atoms with Crippen molar-refractivity contribution in [2.45, 2.75) is 38.8 Å². The minimum absolute atomic E-state index is 0. The third kappa shape index (κ3) is 7.29. The summed E-state index contributed by atoms with van der Waals surface area (Å²) in [4.78, 5) is 24.0. The van der Waals surface area contributed by atoms with Gasteiger partial charge in [0.25, 0.3) is 0 Å². The number of benzene rings is 2. The first-order valence-electron chi connectivity index (χ1n) is 8.78. The third-order valence-corrected chi connectivity index (χ3v) is 4.00. The van der Waals surface area contributed by atoms with Crippen LogP contribution < -0.4 is 21.7 Å². The van der Waals surface area contributed by atoms with Gasteiger partial charge in [-0.3, -0.25) is 4.79 Å². The molecule has 0 radical (unpaired) electrons. The van der Waals surface area contributed by atoms with Gasteiger partial charge in [-0.25, -0.2) is 4.79 Å². The fourth-order valence-corrected chi connectivity index (χ4v) is 2.52. The van der Waals surface area contributed by atoms with E-state index in [2.05, 4.69) is 16.0 Å². The summed E-state index contributed by atoms with van der Waals surface area (Å²) in [6.07, 6.45) is 1.53. The molecule has 0 heterocycles. The Hall–Kier alpha value is -2.57. The van der Waals surface area contributed by atoms with Crippen molar-refractivity contribution in [1.82, 2.24) is 5.32 Å². The largest absolute Gasteiger partial charge is 0.348 e. The van der Waals surface area contributed by atoms with E-state index in [0.717, 1.165) is 17.7 Å². The minimum Gasteiger partial charge on any atom is -0.348 e. The Morgan fingerprint density at radius 1 is 0.963 bits per heavy atom. The lowest BCUT2D eigenvalue weighted by atomic mass is 10.1. The maximum Gasteiger partial charge on any atom is 0.323 e. The molecule has 3 amide bonds. The van der Waals surface area contributed by atoms with Crippen LogP contribution in [-0.2, 0) is 4.79 Å². The number of halogens is 1. The molecule has 27 heavy (non-hydrogen) atoms. The van der Waals surface area contributed by atoms with Crippen molar-refractivity contribution in [3.05, 3.63) is 60.2 Å². The Bertz CT molecular complexity index is 723. The van der Waals surface area contributed by atoms with Crippen molar-refractivity contribution in [2.75, 3.05) is 10.6 Å². The summed E-state index contributed by atoms with van der Waals surface area (Å²) >= 11 is 0. The van der Waals surface area contributed by atoms with Crippen molar-refractivity contribution in [3.63, 3.8) is 0 Å². The highest BCUT2D eigenvalue weighted by Gasteiger charge is 2.15. The summed E-state index contributed by atoms with van der Waals surface area (Å²) in [5, 5.41) is 8.44. The third-order valence-electron chi connectivity index (χ3n) is 4.00. The Morgan fingerprint density at radius 3 is 2.07 bits per heavy atom. The van der Waals surface area contributed by atoms with Crippen molar-refractivity contribution >= 4 is 35.7 Å². The van der Waals surface area contributed by atoms with Gasteiger partial charge in [-0.05, 0) is 43.2 Å². The van der Waals surface area contributed by atoms with E-state index in [-0.39, 0.29) is 30.4 Å². The molecule has 6 nitrogen and oxygen atoms in total. The van der Waals surface area contributed by atoms with Crippen LogP contribution in [0.15, 0.2) is 54.6 Å². The fraction of sp³-hybridized carbons (Fsp3) is 0.300. The molecule has 0 fully saturated rings. The van der Waals surface area contributed by atoms with Gasteiger partial charge < -0.3 is 21.7 Å². The molecule has 2 unspecified atom stereocenters. The number of rotatable bonds is 7. The molecular weight excluding hydrogens is 364 g/mol. The number of para-hydroxylation sites is 1. The van der Waals surface area contributed by atoms with Gasteiger partial charge in [0.15, 0.2) is 0 Å². The van der Waals surface area contributed by atoms with Crippen LogP contribution in [0.2, 0.25) is 0 Å². The summed E-state index contributed by atoms with van der Waals surface area (Å²) in [6.45, 7) is 3.90. The topological polar surface area (TPSA) is 96.2 Å². The first-order valence-corrected chi connectivity index (χ1v) is 8.78. The van der Waals surface area contributed by atoms with E-state index in [1.807, 2.05) is 56.3 Å². The van der Waals surface area contributed by atoms with E-state index in [4.69, 9.17) is 5.73 Å². The number of nitrogens with one attached hydrogen (secondary N) is 3. The Balaban J connectivity index is 0.00000364. The van der Waals surface area contributed by atoms with Crippen molar-refractivity contribution in [2.24, 2.45) is 5.73 Å². The van der Waals surface area contributed by atoms with Crippen LogP contribution in [0.5, 0.6) is 0 Å². The average molecular weight is 391 g/mol. The maximum absolute atomic E-state index is 12.0. The zero-order valence-corrected chi connectivity index (χ0v) is 16.4. The number of hydrogen-bond donors (Lipinski definition) is 4. The molecule has 2 rings (SSSR count). The molecule has 2 aromatic carbocycles. The van der Waals surface area contributed by atoms with Gasteiger partial charge >= 0.3 is 6.03 Å². The quantitative estimate of drug-likeness (QED) is 0.574. The van der Waals surface area contributed by atoms with Crippen LogP contribution in [0.1, 0.15) is 38.3 Å². The fourth-order valence-electron chi connectivity index (χ4n) is 2.52. The number of carbonyl (C=O) groups is 2. The standard InChI is InChI=1S/C20H26N4O2.ClH/c1-3-7-18(21)19(25)22-14(2)15-10-12-17(13-11-15)24-20(26)23-16-8-5-4-6-9-16;/h4-6,8-14,18H,3,7,21H2,1-2H3,(H,22,25)(H2,23,24,26);1H. The smallest absolute Gasteiger partial charge is 0.323 e.